The molecule has 1 aliphatic carbocycles. The van der Waals surface area contributed by atoms with Crippen LogP contribution >= 0.6 is 0 Å². The van der Waals surface area contributed by atoms with Crippen LogP contribution in [0.4, 0.5) is 20.4 Å². The lowest BCUT2D eigenvalue weighted by molar-refractivity contribution is 0.0942. The van der Waals surface area contributed by atoms with Crippen LogP contribution in [0.2, 0.25) is 0 Å². The van der Waals surface area contributed by atoms with Crippen LogP contribution in [-0.2, 0) is 0 Å². The molecule has 1 saturated carbocycles. The molecule has 1 aromatic heterocycles. The summed E-state index contributed by atoms with van der Waals surface area (Å²) in [4.78, 5) is 3.96. The Balaban J connectivity index is 2.09. The molecule has 1 aliphatic rings. The molecular formula is C15H23F2N3O. The van der Waals surface area contributed by atoms with Gasteiger partial charge in [-0.3, -0.25) is 0 Å². The van der Waals surface area contributed by atoms with E-state index in [0.29, 0.717) is 13.1 Å². The van der Waals surface area contributed by atoms with Crippen LogP contribution < -0.4 is 10.6 Å². The highest BCUT2D eigenvalue weighted by molar-refractivity contribution is 5.47. The second kappa shape index (κ2) is 7.02. The number of aliphatic hydroxyl groups excluding tert-OH is 1. The third-order valence-corrected chi connectivity index (χ3v) is 4.15. The number of hydrogen-bond acceptors (Lipinski definition) is 4. The number of hydrogen-bond donors (Lipinski definition) is 3. The van der Waals surface area contributed by atoms with E-state index < -0.39 is 11.6 Å². The average Bonchev–Trinajstić information content (AvgIpc) is 2.50. The van der Waals surface area contributed by atoms with Crippen LogP contribution in [0.15, 0.2) is 6.07 Å². The lowest BCUT2D eigenvalue weighted by Crippen LogP contribution is -2.36. The van der Waals surface area contributed by atoms with E-state index >= 15 is 0 Å². The van der Waals surface area contributed by atoms with E-state index in [1.807, 2.05) is 6.92 Å². The minimum atomic E-state index is -0.710. The predicted molar refractivity (Wildman–Crippen MR) is 79.4 cm³/mol. The van der Waals surface area contributed by atoms with Gasteiger partial charge in [-0.25, -0.2) is 13.8 Å². The second-order valence-corrected chi connectivity index (χ2v) is 5.75. The fourth-order valence-corrected chi connectivity index (χ4v) is 2.85. The lowest BCUT2D eigenvalue weighted by Gasteiger charge is -2.35. The summed E-state index contributed by atoms with van der Waals surface area (Å²) in [6.07, 6.45) is 5.16. The van der Waals surface area contributed by atoms with Gasteiger partial charge in [0.15, 0.2) is 23.3 Å². The van der Waals surface area contributed by atoms with Gasteiger partial charge in [0.1, 0.15) is 0 Å². The Morgan fingerprint density at radius 2 is 1.76 bits per heavy atom. The summed E-state index contributed by atoms with van der Waals surface area (Å²) in [7, 11) is 0. The molecular weight excluding hydrogens is 276 g/mol. The maximum atomic E-state index is 13.8. The Kier molecular flexibility index (Phi) is 5.33. The summed E-state index contributed by atoms with van der Waals surface area (Å²) in [5.74, 6) is -1.33. The molecule has 3 N–H and O–H groups in total. The molecule has 0 unspecified atom stereocenters. The molecule has 0 saturated heterocycles. The largest absolute Gasteiger partial charge is 0.396 e. The highest BCUT2D eigenvalue weighted by Gasteiger charge is 2.31. The van der Waals surface area contributed by atoms with Crippen LogP contribution in [0, 0.1) is 17.0 Å². The molecule has 1 aromatic rings. The van der Waals surface area contributed by atoms with Crippen LogP contribution in [0.1, 0.15) is 39.0 Å². The van der Waals surface area contributed by atoms with Crippen molar-refractivity contribution in [1.29, 1.82) is 0 Å². The molecule has 0 atom stereocenters. The number of pyridine rings is 1. The number of anilines is 2. The average molecular weight is 299 g/mol. The van der Waals surface area contributed by atoms with Crippen LogP contribution in [0.5, 0.6) is 0 Å². The van der Waals surface area contributed by atoms with Gasteiger partial charge in [-0.2, -0.15) is 0 Å². The zero-order chi connectivity index (χ0) is 15.3. The van der Waals surface area contributed by atoms with Gasteiger partial charge < -0.3 is 15.7 Å². The van der Waals surface area contributed by atoms with Gasteiger partial charge in [0, 0.05) is 24.6 Å². The molecule has 118 valence electrons. The minimum absolute atomic E-state index is 0.0331. The molecule has 4 nitrogen and oxygen atoms in total. The van der Waals surface area contributed by atoms with Gasteiger partial charge in [-0.15, -0.1) is 0 Å². The maximum absolute atomic E-state index is 13.8. The molecule has 1 fully saturated rings. The molecule has 2 rings (SSSR count). The van der Waals surface area contributed by atoms with Crippen LogP contribution in [0.3, 0.4) is 0 Å². The molecule has 21 heavy (non-hydrogen) atoms. The van der Waals surface area contributed by atoms with Gasteiger partial charge in [0.05, 0.1) is 6.61 Å². The van der Waals surface area contributed by atoms with E-state index in [0.717, 1.165) is 31.7 Å². The quantitative estimate of drug-likeness (QED) is 0.755. The molecule has 0 aliphatic heterocycles. The molecule has 0 bridgehead atoms. The summed E-state index contributed by atoms with van der Waals surface area (Å²) >= 11 is 0. The highest BCUT2D eigenvalue weighted by atomic mass is 19.1. The summed E-state index contributed by atoms with van der Waals surface area (Å²) in [6.45, 7) is 2.85. The summed E-state index contributed by atoms with van der Waals surface area (Å²) in [5.41, 5.74) is -0.223. The van der Waals surface area contributed by atoms with Crippen molar-refractivity contribution in [3.8, 4) is 0 Å². The SMILES string of the molecule is CCNc1nc(NCC2(CO)CCCCC2)c(F)cc1F. The zero-order valence-corrected chi connectivity index (χ0v) is 12.4. The Morgan fingerprint density at radius 1 is 1.14 bits per heavy atom. The Bertz CT molecular complexity index is 476. The number of aliphatic hydroxyl groups is 1. The first kappa shape index (κ1) is 15.9. The zero-order valence-electron chi connectivity index (χ0n) is 12.4. The van der Waals surface area contributed by atoms with E-state index in [1.54, 1.807) is 0 Å². The first-order valence-electron chi connectivity index (χ1n) is 7.55. The predicted octanol–water partition coefficient (Wildman–Crippen LogP) is 3.15. The van der Waals surface area contributed by atoms with E-state index in [4.69, 9.17) is 0 Å². The number of nitrogens with zero attached hydrogens (tertiary/aromatic N) is 1. The first-order chi connectivity index (χ1) is 10.1. The third-order valence-electron chi connectivity index (χ3n) is 4.15. The number of rotatable bonds is 6. The van der Waals surface area contributed by atoms with Crippen molar-refractivity contribution in [2.24, 2.45) is 5.41 Å². The van der Waals surface area contributed by atoms with Crippen molar-refractivity contribution in [3.05, 3.63) is 17.7 Å². The number of nitrogens with one attached hydrogen (secondary N) is 2. The monoisotopic (exact) mass is 299 g/mol. The molecule has 0 aromatic carbocycles. The van der Waals surface area contributed by atoms with Gasteiger partial charge in [0.25, 0.3) is 0 Å². The molecule has 6 heteroatoms. The van der Waals surface area contributed by atoms with Crippen molar-refractivity contribution < 1.29 is 13.9 Å². The number of aromatic nitrogens is 1. The van der Waals surface area contributed by atoms with E-state index in [1.165, 1.54) is 6.42 Å². The van der Waals surface area contributed by atoms with Crippen LogP contribution in [-0.4, -0.2) is 29.8 Å². The molecule has 0 spiro atoms. The van der Waals surface area contributed by atoms with Crippen LogP contribution in [0.25, 0.3) is 0 Å². The highest BCUT2D eigenvalue weighted by Crippen LogP contribution is 2.36. The van der Waals surface area contributed by atoms with Crippen molar-refractivity contribution >= 4 is 11.6 Å². The van der Waals surface area contributed by atoms with E-state index in [-0.39, 0.29) is 23.7 Å². The van der Waals surface area contributed by atoms with Crippen molar-refractivity contribution in [3.63, 3.8) is 0 Å². The Hall–Kier alpha value is -1.43. The fraction of sp³-hybridized carbons (Fsp3) is 0.667. The van der Waals surface area contributed by atoms with E-state index in [9.17, 15) is 13.9 Å². The van der Waals surface area contributed by atoms with Gasteiger partial charge in [0.2, 0.25) is 0 Å². The minimum Gasteiger partial charge on any atom is -0.396 e. The maximum Gasteiger partial charge on any atom is 0.168 e. The van der Waals surface area contributed by atoms with Crippen molar-refractivity contribution in [1.82, 2.24) is 4.98 Å². The van der Waals surface area contributed by atoms with Gasteiger partial charge in [-0.05, 0) is 19.8 Å². The molecule has 0 radical (unpaired) electrons. The van der Waals surface area contributed by atoms with Gasteiger partial charge in [-0.1, -0.05) is 19.3 Å². The van der Waals surface area contributed by atoms with Crippen molar-refractivity contribution in [2.75, 3.05) is 30.3 Å². The Morgan fingerprint density at radius 3 is 2.33 bits per heavy atom. The smallest absolute Gasteiger partial charge is 0.168 e. The standard InChI is InChI=1S/C15H23F2N3O/c1-2-18-13-11(16)8-12(17)14(20-13)19-9-15(10-21)6-4-3-5-7-15/h8,21H,2-7,9-10H2,1H3,(H2,18,19,20). The number of halogens is 2. The first-order valence-corrected chi connectivity index (χ1v) is 7.55. The van der Waals surface area contributed by atoms with Crippen molar-refractivity contribution in [2.45, 2.75) is 39.0 Å². The topological polar surface area (TPSA) is 57.2 Å². The second-order valence-electron chi connectivity index (χ2n) is 5.75. The summed E-state index contributed by atoms with van der Waals surface area (Å²) in [6, 6.07) is 0.833. The molecule has 0 amide bonds. The summed E-state index contributed by atoms with van der Waals surface area (Å²) < 4.78 is 27.3. The Labute approximate surface area is 124 Å². The van der Waals surface area contributed by atoms with Gasteiger partial charge >= 0.3 is 0 Å². The lowest BCUT2D eigenvalue weighted by atomic mass is 9.74. The summed E-state index contributed by atoms with van der Waals surface area (Å²) in [5, 5.41) is 15.4. The fourth-order valence-electron chi connectivity index (χ4n) is 2.85. The third kappa shape index (κ3) is 3.81. The molecule has 1 heterocycles. The van der Waals surface area contributed by atoms with E-state index in [2.05, 4.69) is 15.6 Å². The normalized spacial score (nSPS) is 17.5.